The number of nitrogens with one attached hydrogen (secondary N) is 1. The predicted molar refractivity (Wildman–Crippen MR) is 56.4 cm³/mol. The molecule has 1 atom stereocenters. The summed E-state index contributed by atoms with van der Waals surface area (Å²) in [6.45, 7) is -0.192. The first-order chi connectivity index (χ1) is 8.75. The van der Waals surface area contributed by atoms with Crippen LogP contribution in [0.4, 0.5) is 18.0 Å². The topological polar surface area (TPSA) is 75.6 Å². The number of hydrogen-bond acceptors (Lipinski definition) is 3. The fourth-order valence-corrected chi connectivity index (χ4v) is 2.85. The highest BCUT2D eigenvalue weighted by Gasteiger charge is 2.55. The zero-order valence-corrected chi connectivity index (χ0v) is 10.00. The lowest BCUT2D eigenvalue weighted by Gasteiger charge is -2.36. The first kappa shape index (κ1) is 14.0. The molecule has 1 saturated heterocycles. The molecule has 0 spiro atoms. The Hall–Kier alpha value is -1.47. The predicted octanol–water partition coefficient (Wildman–Crippen LogP) is 1.92. The number of hydrogen-bond donors (Lipinski definition) is 2. The van der Waals surface area contributed by atoms with Crippen LogP contribution in [0.3, 0.4) is 0 Å². The number of alkyl carbamates (subject to hydrolysis) is 1. The summed E-state index contributed by atoms with van der Waals surface area (Å²) in [6.07, 6.45) is -5.15. The van der Waals surface area contributed by atoms with Gasteiger partial charge in [-0.3, -0.25) is 0 Å². The minimum atomic E-state index is -4.24. The zero-order chi connectivity index (χ0) is 14.3. The van der Waals surface area contributed by atoms with Gasteiger partial charge >= 0.3 is 18.2 Å². The number of aliphatic carboxylic acids is 1. The molecule has 1 aliphatic heterocycles. The number of amides is 1. The normalized spacial score (nSPS) is 35.6. The molecular weight excluding hydrogens is 267 g/mol. The Morgan fingerprint density at radius 1 is 1.32 bits per heavy atom. The Morgan fingerprint density at radius 3 is 2.26 bits per heavy atom. The Bertz CT molecular complexity index is 390. The molecule has 2 rings (SSSR count). The molecule has 1 aliphatic carbocycles. The summed E-state index contributed by atoms with van der Waals surface area (Å²) in [5, 5.41) is 11.5. The number of carbonyl (C=O) groups is 2. The maximum absolute atomic E-state index is 12.5. The van der Waals surface area contributed by atoms with Crippen molar-refractivity contribution in [2.75, 3.05) is 6.54 Å². The molecular formula is C11H14F3NO4. The third-order valence-electron chi connectivity index (χ3n) is 3.98. The van der Waals surface area contributed by atoms with Gasteiger partial charge < -0.3 is 15.2 Å². The molecule has 1 saturated carbocycles. The highest BCUT2D eigenvalue weighted by molar-refractivity contribution is 5.85. The van der Waals surface area contributed by atoms with Crippen molar-refractivity contribution in [3.8, 4) is 0 Å². The molecule has 108 valence electrons. The first-order valence-corrected chi connectivity index (χ1v) is 6.02. The van der Waals surface area contributed by atoms with Crippen molar-refractivity contribution in [3.63, 3.8) is 0 Å². The number of carboxylic acid groups (broad SMARTS) is 1. The molecule has 0 aromatic rings. The number of cyclic esters (lactones) is 1. The molecule has 8 heteroatoms. The lowest BCUT2D eigenvalue weighted by Crippen LogP contribution is -2.50. The zero-order valence-electron chi connectivity index (χ0n) is 10.00. The summed E-state index contributed by atoms with van der Waals surface area (Å²) in [6, 6.07) is 0. The molecule has 0 bridgehead atoms. The minimum absolute atomic E-state index is 0.0887. The Balaban J connectivity index is 2.07. The van der Waals surface area contributed by atoms with E-state index in [2.05, 4.69) is 5.32 Å². The monoisotopic (exact) mass is 281 g/mol. The van der Waals surface area contributed by atoms with Gasteiger partial charge in [0.2, 0.25) is 5.60 Å². The van der Waals surface area contributed by atoms with Crippen molar-refractivity contribution in [1.29, 1.82) is 0 Å². The molecule has 1 unspecified atom stereocenters. The second-order valence-corrected chi connectivity index (χ2v) is 5.03. The van der Waals surface area contributed by atoms with Crippen LogP contribution >= 0.6 is 0 Å². The van der Waals surface area contributed by atoms with Gasteiger partial charge in [0.15, 0.2) is 0 Å². The summed E-state index contributed by atoms with van der Waals surface area (Å²) < 4.78 is 42.5. The number of carboxylic acids is 1. The number of ether oxygens (including phenoxy) is 1. The Morgan fingerprint density at radius 2 is 1.89 bits per heavy atom. The molecule has 0 radical (unpaired) electrons. The van der Waals surface area contributed by atoms with Gasteiger partial charge in [0.1, 0.15) is 0 Å². The van der Waals surface area contributed by atoms with Gasteiger partial charge in [-0.15, -0.1) is 0 Å². The Kier molecular flexibility index (Phi) is 3.36. The van der Waals surface area contributed by atoms with Crippen molar-refractivity contribution in [1.82, 2.24) is 5.32 Å². The van der Waals surface area contributed by atoms with E-state index in [0.717, 1.165) is 0 Å². The van der Waals surface area contributed by atoms with Crippen LogP contribution in [0.15, 0.2) is 0 Å². The Labute approximate surface area is 107 Å². The lowest BCUT2D eigenvalue weighted by molar-refractivity contribution is -0.190. The van der Waals surface area contributed by atoms with Gasteiger partial charge in [0.05, 0.1) is 12.5 Å². The third-order valence-corrected chi connectivity index (χ3v) is 3.98. The van der Waals surface area contributed by atoms with Crippen LogP contribution in [0.2, 0.25) is 0 Å². The van der Waals surface area contributed by atoms with Gasteiger partial charge in [0.25, 0.3) is 0 Å². The van der Waals surface area contributed by atoms with E-state index < -0.39 is 35.7 Å². The second kappa shape index (κ2) is 4.57. The van der Waals surface area contributed by atoms with E-state index in [1.54, 1.807) is 0 Å². The highest BCUT2D eigenvalue weighted by Crippen LogP contribution is 2.44. The molecule has 5 nitrogen and oxygen atoms in total. The quantitative estimate of drug-likeness (QED) is 0.810. The SMILES string of the molecule is O=C1NCC(C(=O)O)(C2CCC(C(F)(F)F)CC2)O1. The summed E-state index contributed by atoms with van der Waals surface area (Å²) in [4.78, 5) is 22.4. The first-order valence-electron chi connectivity index (χ1n) is 6.02. The number of rotatable bonds is 2. The summed E-state index contributed by atoms with van der Waals surface area (Å²) in [7, 11) is 0. The number of carbonyl (C=O) groups excluding carboxylic acids is 1. The van der Waals surface area contributed by atoms with E-state index in [1.165, 1.54) is 0 Å². The van der Waals surface area contributed by atoms with Crippen LogP contribution in [0.5, 0.6) is 0 Å². The van der Waals surface area contributed by atoms with Crippen molar-refractivity contribution in [2.45, 2.75) is 37.5 Å². The molecule has 0 aromatic heterocycles. The van der Waals surface area contributed by atoms with Crippen LogP contribution in [-0.4, -0.2) is 35.5 Å². The van der Waals surface area contributed by atoms with E-state index in [9.17, 15) is 27.9 Å². The third kappa shape index (κ3) is 2.48. The van der Waals surface area contributed by atoms with Crippen LogP contribution in [-0.2, 0) is 9.53 Å². The summed E-state index contributed by atoms with van der Waals surface area (Å²) >= 11 is 0. The van der Waals surface area contributed by atoms with Crippen molar-refractivity contribution < 1.29 is 32.6 Å². The van der Waals surface area contributed by atoms with Crippen LogP contribution < -0.4 is 5.32 Å². The average Bonchev–Trinajstić information content (AvgIpc) is 2.72. The van der Waals surface area contributed by atoms with Crippen LogP contribution in [0.25, 0.3) is 0 Å². The van der Waals surface area contributed by atoms with E-state index >= 15 is 0 Å². The second-order valence-electron chi connectivity index (χ2n) is 5.03. The lowest BCUT2D eigenvalue weighted by atomic mass is 9.73. The molecule has 2 fully saturated rings. The van der Waals surface area contributed by atoms with Gasteiger partial charge in [0, 0.05) is 5.92 Å². The fraction of sp³-hybridized carbons (Fsp3) is 0.818. The fourth-order valence-electron chi connectivity index (χ4n) is 2.85. The standard InChI is InChI=1S/C11H14F3NO4/c12-11(13,14)7-3-1-6(2-4-7)10(8(16)17)5-15-9(18)19-10/h6-7H,1-5H2,(H,15,18)(H,16,17). The molecule has 1 amide bonds. The summed E-state index contributed by atoms with van der Waals surface area (Å²) in [5.41, 5.74) is -1.71. The van der Waals surface area contributed by atoms with Crippen LogP contribution in [0.1, 0.15) is 25.7 Å². The van der Waals surface area contributed by atoms with Gasteiger partial charge in [-0.1, -0.05) is 0 Å². The smallest absolute Gasteiger partial charge is 0.408 e. The summed E-state index contributed by atoms with van der Waals surface area (Å²) in [5.74, 6) is -3.27. The molecule has 0 aromatic carbocycles. The number of alkyl halides is 3. The van der Waals surface area contributed by atoms with Crippen molar-refractivity contribution in [2.24, 2.45) is 11.8 Å². The van der Waals surface area contributed by atoms with E-state index in [1.807, 2.05) is 0 Å². The van der Waals surface area contributed by atoms with Crippen molar-refractivity contribution >= 4 is 12.1 Å². The van der Waals surface area contributed by atoms with E-state index in [4.69, 9.17) is 4.74 Å². The van der Waals surface area contributed by atoms with Crippen molar-refractivity contribution in [3.05, 3.63) is 0 Å². The maximum atomic E-state index is 12.5. The maximum Gasteiger partial charge on any atom is 0.408 e. The van der Waals surface area contributed by atoms with Gasteiger partial charge in [-0.05, 0) is 25.7 Å². The van der Waals surface area contributed by atoms with E-state index in [0.29, 0.717) is 0 Å². The van der Waals surface area contributed by atoms with E-state index in [-0.39, 0.29) is 32.2 Å². The molecule has 19 heavy (non-hydrogen) atoms. The highest BCUT2D eigenvalue weighted by atomic mass is 19.4. The van der Waals surface area contributed by atoms with Gasteiger partial charge in [-0.2, -0.15) is 13.2 Å². The molecule has 2 N–H and O–H groups in total. The largest absolute Gasteiger partial charge is 0.478 e. The number of halogens is 3. The van der Waals surface area contributed by atoms with Crippen LogP contribution in [0, 0.1) is 11.8 Å². The minimum Gasteiger partial charge on any atom is -0.478 e. The van der Waals surface area contributed by atoms with Gasteiger partial charge in [-0.25, -0.2) is 9.59 Å². The average molecular weight is 281 g/mol. The molecule has 1 heterocycles. The molecule has 2 aliphatic rings.